The summed E-state index contributed by atoms with van der Waals surface area (Å²) in [7, 11) is 0. The molecule has 1 aromatic heterocycles. The number of carbonyl (C=O) groups excluding carboxylic acids is 2. The van der Waals surface area contributed by atoms with Gasteiger partial charge in [-0.15, -0.1) is 0 Å². The van der Waals surface area contributed by atoms with Crippen LogP contribution in [0.5, 0.6) is 5.75 Å². The number of ether oxygens (including phenoxy) is 2. The molecular formula is C23H24ClN3O4. The second kappa shape index (κ2) is 10.1. The van der Waals surface area contributed by atoms with Gasteiger partial charge >= 0.3 is 5.97 Å². The Hall–Kier alpha value is -3.32. The van der Waals surface area contributed by atoms with Gasteiger partial charge in [0.05, 0.1) is 30.2 Å². The minimum absolute atomic E-state index is 0.342. The summed E-state index contributed by atoms with van der Waals surface area (Å²) in [5.41, 5.74) is 2.92. The molecule has 0 aliphatic carbocycles. The molecule has 0 bridgehead atoms. The first kappa shape index (κ1) is 22.4. The fourth-order valence-corrected chi connectivity index (χ4v) is 3.37. The number of esters is 1. The molecule has 1 amide bonds. The highest BCUT2D eigenvalue weighted by molar-refractivity contribution is 6.31. The van der Waals surface area contributed by atoms with Crippen LogP contribution in [0.1, 0.15) is 34.2 Å². The monoisotopic (exact) mass is 441 g/mol. The summed E-state index contributed by atoms with van der Waals surface area (Å²) >= 11 is 6.23. The van der Waals surface area contributed by atoms with Crippen molar-refractivity contribution < 1.29 is 19.1 Å². The lowest BCUT2D eigenvalue weighted by molar-refractivity contribution is -0.119. The van der Waals surface area contributed by atoms with Gasteiger partial charge in [0, 0.05) is 5.02 Å². The Morgan fingerprint density at radius 1 is 1.10 bits per heavy atom. The summed E-state index contributed by atoms with van der Waals surface area (Å²) in [4.78, 5) is 24.9. The molecule has 3 aromatic rings. The summed E-state index contributed by atoms with van der Waals surface area (Å²) < 4.78 is 12.4. The normalized spacial score (nSPS) is 10.6. The average molecular weight is 442 g/mol. The Bertz CT molecular complexity index is 1090. The van der Waals surface area contributed by atoms with Crippen molar-refractivity contribution in [2.45, 2.75) is 27.3 Å². The molecule has 0 fully saturated rings. The minimum Gasteiger partial charge on any atom is -0.492 e. The maximum atomic E-state index is 12.6. The van der Waals surface area contributed by atoms with Crippen LogP contribution in [0, 0.1) is 13.8 Å². The zero-order chi connectivity index (χ0) is 22.4. The molecule has 0 atom stereocenters. The van der Waals surface area contributed by atoms with E-state index < -0.39 is 18.5 Å². The molecule has 0 radical (unpaired) electrons. The molecule has 0 aliphatic heterocycles. The summed E-state index contributed by atoms with van der Waals surface area (Å²) in [6.07, 6.45) is 0. The van der Waals surface area contributed by atoms with Crippen LogP contribution in [-0.4, -0.2) is 34.9 Å². The van der Waals surface area contributed by atoms with Crippen LogP contribution in [0.2, 0.25) is 5.02 Å². The highest BCUT2D eigenvalue weighted by Crippen LogP contribution is 2.24. The lowest BCUT2D eigenvalue weighted by Gasteiger charge is -2.11. The number of nitrogens with zero attached hydrogens (tertiary/aromatic N) is 2. The number of anilines is 1. The third-order valence-electron chi connectivity index (χ3n) is 4.66. The Kier molecular flexibility index (Phi) is 7.31. The predicted molar refractivity (Wildman–Crippen MR) is 119 cm³/mol. The number of halogens is 1. The molecule has 1 heterocycles. The van der Waals surface area contributed by atoms with Crippen LogP contribution in [0.25, 0.3) is 0 Å². The molecule has 1 N–H and O–H groups in total. The van der Waals surface area contributed by atoms with Gasteiger partial charge in [-0.05, 0) is 44.5 Å². The first-order chi connectivity index (χ1) is 14.9. The fourth-order valence-electron chi connectivity index (χ4n) is 3.18. The number of hydrogen-bond acceptors (Lipinski definition) is 5. The van der Waals surface area contributed by atoms with E-state index in [0.29, 0.717) is 46.6 Å². The topological polar surface area (TPSA) is 82.4 Å². The van der Waals surface area contributed by atoms with Crippen LogP contribution in [-0.2, 0) is 16.1 Å². The van der Waals surface area contributed by atoms with E-state index in [1.165, 1.54) is 0 Å². The highest BCUT2D eigenvalue weighted by atomic mass is 35.5. The summed E-state index contributed by atoms with van der Waals surface area (Å²) in [5, 5.41) is 7.76. The maximum absolute atomic E-state index is 12.6. The van der Waals surface area contributed by atoms with Crippen LogP contribution in [0.3, 0.4) is 0 Å². The molecule has 3 rings (SSSR count). The molecule has 2 aromatic carbocycles. The lowest BCUT2D eigenvalue weighted by atomic mass is 10.2. The van der Waals surface area contributed by atoms with Crippen molar-refractivity contribution in [3.63, 3.8) is 0 Å². The average Bonchev–Trinajstić information content (AvgIpc) is 3.02. The number of para-hydroxylation sites is 2. The number of nitrogens with one attached hydrogen (secondary N) is 1. The van der Waals surface area contributed by atoms with Gasteiger partial charge in [0.25, 0.3) is 5.91 Å². The van der Waals surface area contributed by atoms with E-state index in [1.807, 2.05) is 31.2 Å². The maximum Gasteiger partial charge on any atom is 0.342 e. The molecule has 0 spiro atoms. The fraction of sp³-hybridized carbons (Fsp3) is 0.261. The van der Waals surface area contributed by atoms with E-state index in [9.17, 15) is 9.59 Å². The molecule has 0 saturated heterocycles. The molecule has 0 unspecified atom stereocenters. The van der Waals surface area contributed by atoms with Gasteiger partial charge in [0.15, 0.2) is 6.61 Å². The van der Waals surface area contributed by atoms with Crippen LogP contribution >= 0.6 is 11.6 Å². The van der Waals surface area contributed by atoms with Gasteiger partial charge in [0.2, 0.25) is 0 Å². The number of carbonyl (C=O) groups is 2. The van der Waals surface area contributed by atoms with Crippen molar-refractivity contribution in [1.29, 1.82) is 0 Å². The second-order valence-electron chi connectivity index (χ2n) is 6.85. The third kappa shape index (κ3) is 5.44. The van der Waals surface area contributed by atoms with Crippen molar-refractivity contribution in [1.82, 2.24) is 9.78 Å². The minimum atomic E-state index is -0.603. The summed E-state index contributed by atoms with van der Waals surface area (Å²) in [6.45, 7) is 5.84. The van der Waals surface area contributed by atoms with E-state index in [-0.39, 0.29) is 0 Å². The van der Waals surface area contributed by atoms with Crippen LogP contribution < -0.4 is 10.1 Å². The molecular weight excluding hydrogens is 418 g/mol. The predicted octanol–water partition coefficient (Wildman–Crippen LogP) is 4.40. The zero-order valence-electron chi connectivity index (χ0n) is 17.6. The standard InChI is InChI=1S/C23H24ClN3O4/c1-4-30-20-12-8-7-11-19(20)25-21(28)14-31-23(29)22-15(2)26-27(16(22)3)13-17-9-5-6-10-18(17)24/h5-12H,4,13-14H2,1-3H3,(H,25,28). The van der Waals surface area contributed by atoms with Crippen LogP contribution in [0.4, 0.5) is 5.69 Å². The Labute approximate surface area is 185 Å². The van der Waals surface area contributed by atoms with E-state index in [1.54, 1.807) is 42.8 Å². The van der Waals surface area contributed by atoms with Gasteiger partial charge in [-0.1, -0.05) is 41.9 Å². The first-order valence-electron chi connectivity index (χ1n) is 9.87. The van der Waals surface area contributed by atoms with Crippen molar-refractivity contribution in [2.24, 2.45) is 0 Å². The number of hydrogen-bond donors (Lipinski definition) is 1. The molecule has 7 nitrogen and oxygen atoms in total. The number of rotatable bonds is 8. The number of aryl methyl sites for hydroxylation is 1. The smallest absolute Gasteiger partial charge is 0.342 e. The van der Waals surface area contributed by atoms with Crippen molar-refractivity contribution in [3.05, 3.63) is 76.1 Å². The first-order valence-corrected chi connectivity index (χ1v) is 10.2. The van der Waals surface area contributed by atoms with Crippen molar-refractivity contribution >= 4 is 29.2 Å². The van der Waals surface area contributed by atoms with Gasteiger partial charge in [-0.3, -0.25) is 9.48 Å². The Morgan fingerprint density at radius 3 is 2.55 bits per heavy atom. The molecule has 8 heteroatoms. The molecule has 0 aliphatic rings. The van der Waals surface area contributed by atoms with Gasteiger partial charge in [-0.2, -0.15) is 5.10 Å². The largest absolute Gasteiger partial charge is 0.492 e. The number of amides is 1. The van der Waals surface area contributed by atoms with Gasteiger partial charge in [0.1, 0.15) is 11.3 Å². The number of benzene rings is 2. The SMILES string of the molecule is CCOc1ccccc1NC(=O)COC(=O)c1c(C)nn(Cc2ccccc2Cl)c1C. The summed E-state index contributed by atoms with van der Waals surface area (Å²) in [6, 6.07) is 14.5. The third-order valence-corrected chi connectivity index (χ3v) is 5.03. The van der Waals surface area contributed by atoms with Crippen LogP contribution in [0.15, 0.2) is 48.5 Å². The van der Waals surface area contributed by atoms with E-state index >= 15 is 0 Å². The van der Waals surface area contributed by atoms with Gasteiger partial charge < -0.3 is 14.8 Å². The van der Waals surface area contributed by atoms with E-state index in [0.717, 1.165) is 5.56 Å². The summed E-state index contributed by atoms with van der Waals surface area (Å²) in [5.74, 6) is -0.509. The Balaban J connectivity index is 1.65. The molecule has 162 valence electrons. The zero-order valence-corrected chi connectivity index (χ0v) is 18.4. The van der Waals surface area contributed by atoms with Crippen molar-refractivity contribution in [3.8, 4) is 5.75 Å². The van der Waals surface area contributed by atoms with Crippen molar-refractivity contribution in [2.75, 3.05) is 18.5 Å². The number of aromatic nitrogens is 2. The highest BCUT2D eigenvalue weighted by Gasteiger charge is 2.21. The molecule has 31 heavy (non-hydrogen) atoms. The van der Waals surface area contributed by atoms with E-state index in [2.05, 4.69) is 10.4 Å². The van der Waals surface area contributed by atoms with Gasteiger partial charge in [-0.25, -0.2) is 4.79 Å². The molecule has 0 saturated carbocycles. The quantitative estimate of drug-likeness (QED) is 0.524. The lowest BCUT2D eigenvalue weighted by Crippen LogP contribution is -2.21. The second-order valence-corrected chi connectivity index (χ2v) is 7.26. The Morgan fingerprint density at radius 2 is 1.81 bits per heavy atom. The van der Waals surface area contributed by atoms with E-state index in [4.69, 9.17) is 21.1 Å².